The summed E-state index contributed by atoms with van der Waals surface area (Å²) in [5.74, 6) is 0.566. The van der Waals surface area contributed by atoms with Crippen molar-refractivity contribution in [3.05, 3.63) is 39.7 Å². The third-order valence-electron chi connectivity index (χ3n) is 2.63. The summed E-state index contributed by atoms with van der Waals surface area (Å²) in [6, 6.07) is 5.31. The smallest absolute Gasteiger partial charge is 0.225 e. The lowest BCUT2D eigenvalue weighted by atomic mass is 10.2. The zero-order chi connectivity index (χ0) is 12.6. The first-order valence-corrected chi connectivity index (χ1v) is 5.45. The number of hydrogen-bond acceptors (Lipinski definition) is 4. The van der Waals surface area contributed by atoms with Crippen LogP contribution in [0.15, 0.2) is 23.0 Å². The van der Waals surface area contributed by atoms with Crippen molar-refractivity contribution < 1.29 is 0 Å². The fourth-order valence-corrected chi connectivity index (χ4v) is 1.69. The molecule has 0 atom stereocenters. The van der Waals surface area contributed by atoms with Gasteiger partial charge in [0, 0.05) is 19.5 Å². The van der Waals surface area contributed by atoms with Crippen LogP contribution in [0, 0.1) is 13.8 Å². The van der Waals surface area contributed by atoms with Gasteiger partial charge in [0.2, 0.25) is 11.4 Å². The molecule has 0 fully saturated rings. The van der Waals surface area contributed by atoms with E-state index in [1.165, 1.54) is 0 Å². The Kier molecular flexibility index (Phi) is 2.79. The van der Waals surface area contributed by atoms with Crippen LogP contribution >= 0.6 is 0 Å². The fraction of sp³-hybridized carbons (Fsp3) is 0.308. The van der Waals surface area contributed by atoms with Crippen LogP contribution in [0.3, 0.4) is 0 Å². The Morgan fingerprint density at radius 2 is 1.82 bits per heavy atom. The molecule has 0 N–H and O–H groups in total. The van der Waals surface area contributed by atoms with Crippen molar-refractivity contribution in [2.75, 3.05) is 19.0 Å². The van der Waals surface area contributed by atoms with Gasteiger partial charge in [-0.3, -0.25) is 4.79 Å². The highest BCUT2D eigenvalue weighted by Gasteiger charge is 2.07. The molecule has 0 radical (unpaired) electrons. The number of aromatic nitrogens is 2. The third kappa shape index (κ3) is 2.11. The van der Waals surface area contributed by atoms with Crippen LogP contribution in [0.25, 0.3) is 10.9 Å². The molecule has 0 unspecified atom stereocenters. The molecule has 0 aliphatic heterocycles. The molecule has 0 saturated carbocycles. The minimum absolute atomic E-state index is 0.0679. The van der Waals surface area contributed by atoms with E-state index < -0.39 is 0 Å². The predicted molar refractivity (Wildman–Crippen MR) is 69.6 cm³/mol. The highest BCUT2D eigenvalue weighted by atomic mass is 16.1. The molecule has 0 bridgehead atoms. The summed E-state index contributed by atoms with van der Waals surface area (Å²) in [5, 5.41) is 0.822. The number of fused-ring (bicyclic) bond motifs is 1. The SMILES string of the molecule is Cc1ccc(=O)c2nc(N(C)C)nc(C)c2c1. The van der Waals surface area contributed by atoms with Crippen molar-refractivity contribution in [1.29, 1.82) is 0 Å². The van der Waals surface area contributed by atoms with Crippen LogP contribution in [-0.2, 0) is 0 Å². The van der Waals surface area contributed by atoms with Crippen molar-refractivity contribution >= 4 is 16.9 Å². The molecule has 1 aromatic carbocycles. The lowest BCUT2D eigenvalue weighted by Gasteiger charge is -2.10. The van der Waals surface area contributed by atoms with Gasteiger partial charge in [-0.2, -0.15) is 0 Å². The second-order valence-electron chi connectivity index (χ2n) is 4.35. The molecule has 2 rings (SSSR count). The summed E-state index contributed by atoms with van der Waals surface area (Å²) >= 11 is 0. The third-order valence-corrected chi connectivity index (χ3v) is 2.63. The summed E-state index contributed by atoms with van der Waals surface area (Å²) in [6.45, 7) is 3.86. The van der Waals surface area contributed by atoms with Crippen LogP contribution in [-0.4, -0.2) is 24.1 Å². The van der Waals surface area contributed by atoms with E-state index >= 15 is 0 Å². The Morgan fingerprint density at radius 1 is 1.12 bits per heavy atom. The van der Waals surface area contributed by atoms with E-state index in [0.29, 0.717) is 11.5 Å². The van der Waals surface area contributed by atoms with E-state index in [4.69, 9.17) is 0 Å². The quantitative estimate of drug-likeness (QED) is 0.746. The maximum atomic E-state index is 11.9. The van der Waals surface area contributed by atoms with Crippen molar-refractivity contribution in [3.63, 3.8) is 0 Å². The summed E-state index contributed by atoms with van der Waals surface area (Å²) in [7, 11) is 3.72. The Balaban J connectivity index is 2.95. The summed E-state index contributed by atoms with van der Waals surface area (Å²) in [4.78, 5) is 22.5. The van der Waals surface area contributed by atoms with Gasteiger partial charge in [0.1, 0.15) is 5.52 Å². The summed E-state index contributed by atoms with van der Waals surface area (Å²) < 4.78 is 0. The van der Waals surface area contributed by atoms with E-state index in [1.54, 1.807) is 17.0 Å². The first-order chi connectivity index (χ1) is 7.99. The molecule has 0 aliphatic rings. The van der Waals surface area contributed by atoms with Crippen molar-refractivity contribution in [2.45, 2.75) is 13.8 Å². The van der Waals surface area contributed by atoms with Crippen LogP contribution in [0.5, 0.6) is 0 Å². The largest absolute Gasteiger partial charge is 0.347 e. The monoisotopic (exact) mass is 229 g/mol. The number of aryl methyl sites for hydroxylation is 2. The number of hydrogen-bond donors (Lipinski definition) is 0. The molecule has 2 aromatic rings. The molecule has 0 aliphatic carbocycles. The standard InChI is InChI=1S/C13H15N3O/c1-8-5-6-11(17)12-10(7-8)9(2)14-13(15-12)16(3)4/h5-7H,1-4H3. The van der Waals surface area contributed by atoms with Crippen LogP contribution in [0.2, 0.25) is 0 Å². The topological polar surface area (TPSA) is 46.1 Å². The lowest BCUT2D eigenvalue weighted by molar-refractivity contribution is 0.998. The Hall–Kier alpha value is -1.97. The number of anilines is 1. The summed E-state index contributed by atoms with van der Waals surface area (Å²) in [5.41, 5.74) is 2.27. The zero-order valence-corrected chi connectivity index (χ0v) is 10.5. The van der Waals surface area contributed by atoms with Crippen molar-refractivity contribution in [3.8, 4) is 0 Å². The number of nitrogens with zero attached hydrogens (tertiary/aromatic N) is 3. The minimum atomic E-state index is -0.0679. The van der Waals surface area contributed by atoms with Crippen molar-refractivity contribution in [1.82, 2.24) is 9.97 Å². The van der Waals surface area contributed by atoms with Gasteiger partial charge in [-0.05, 0) is 26.0 Å². The summed E-state index contributed by atoms with van der Waals surface area (Å²) in [6.07, 6.45) is 0. The second kappa shape index (κ2) is 4.13. The Labute approximate surface area is 99.9 Å². The normalized spacial score (nSPS) is 10.6. The van der Waals surface area contributed by atoms with Gasteiger partial charge in [-0.15, -0.1) is 0 Å². The molecular weight excluding hydrogens is 214 g/mol. The first kappa shape index (κ1) is 11.5. The molecule has 17 heavy (non-hydrogen) atoms. The average molecular weight is 229 g/mol. The maximum absolute atomic E-state index is 11.9. The van der Waals surface area contributed by atoms with E-state index in [-0.39, 0.29) is 5.43 Å². The van der Waals surface area contributed by atoms with Gasteiger partial charge in [0.25, 0.3) is 0 Å². The zero-order valence-electron chi connectivity index (χ0n) is 10.5. The molecule has 4 nitrogen and oxygen atoms in total. The van der Waals surface area contributed by atoms with Gasteiger partial charge in [0.15, 0.2) is 0 Å². The average Bonchev–Trinajstić information content (AvgIpc) is 2.40. The van der Waals surface area contributed by atoms with Crippen LogP contribution in [0.4, 0.5) is 5.95 Å². The Morgan fingerprint density at radius 3 is 2.47 bits per heavy atom. The van der Waals surface area contributed by atoms with Crippen molar-refractivity contribution in [2.24, 2.45) is 0 Å². The molecule has 88 valence electrons. The number of rotatable bonds is 1. The first-order valence-electron chi connectivity index (χ1n) is 5.45. The molecule has 1 heterocycles. The minimum Gasteiger partial charge on any atom is -0.347 e. The van der Waals surface area contributed by atoms with Gasteiger partial charge < -0.3 is 4.90 Å². The molecule has 4 heteroatoms. The fourth-order valence-electron chi connectivity index (χ4n) is 1.69. The predicted octanol–water partition coefficient (Wildman–Crippen LogP) is 1.67. The molecule has 1 aromatic heterocycles. The second-order valence-corrected chi connectivity index (χ2v) is 4.35. The maximum Gasteiger partial charge on any atom is 0.225 e. The van der Waals surface area contributed by atoms with Crippen LogP contribution < -0.4 is 10.3 Å². The molecular formula is C13H15N3O. The highest BCUT2D eigenvalue weighted by Crippen LogP contribution is 2.15. The lowest BCUT2D eigenvalue weighted by Crippen LogP contribution is -2.14. The van der Waals surface area contributed by atoms with Crippen LogP contribution in [0.1, 0.15) is 11.3 Å². The van der Waals surface area contributed by atoms with E-state index in [1.807, 2.05) is 34.0 Å². The molecule has 0 amide bonds. The van der Waals surface area contributed by atoms with Gasteiger partial charge in [-0.25, -0.2) is 9.97 Å². The van der Waals surface area contributed by atoms with Gasteiger partial charge >= 0.3 is 0 Å². The molecule has 0 spiro atoms. The highest BCUT2D eigenvalue weighted by molar-refractivity contribution is 5.81. The molecule has 0 saturated heterocycles. The van der Waals surface area contributed by atoms with Gasteiger partial charge in [0.05, 0.1) is 5.69 Å². The Bertz CT molecular complexity index is 635. The van der Waals surface area contributed by atoms with E-state index in [2.05, 4.69) is 9.97 Å². The van der Waals surface area contributed by atoms with Gasteiger partial charge in [-0.1, -0.05) is 11.6 Å². The van der Waals surface area contributed by atoms with E-state index in [0.717, 1.165) is 16.6 Å². The van der Waals surface area contributed by atoms with E-state index in [9.17, 15) is 4.79 Å².